The minimum absolute atomic E-state index is 0.215. The van der Waals surface area contributed by atoms with Crippen LogP contribution in [0.25, 0.3) is 11.0 Å². The van der Waals surface area contributed by atoms with Crippen molar-refractivity contribution in [1.29, 1.82) is 0 Å². The number of carbonyl (C=O) groups is 3. The Morgan fingerprint density at radius 3 is 1.88 bits per heavy atom. The number of alkyl halides is 2. The number of hydrogen-bond acceptors (Lipinski definition) is 8. The summed E-state index contributed by atoms with van der Waals surface area (Å²) >= 11 is 11.8. The maximum atomic E-state index is 11.8. The molecule has 48 heavy (non-hydrogen) atoms. The van der Waals surface area contributed by atoms with Gasteiger partial charge in [0, 0.05) is 57.5 Å². The number of aromatic nitrogens is 2. The van der Waals surface area contributed by atoms with E-state index < -0.39 is 11.9 Å². The molecular formula is C36H68Cl2N4O6. The Morgan fingerprint density at radius 2 is 1.46 bits per heavy atom. The molecule has 1 aromatic heterocycles. The average Bonchev–Trinajstić information content (AvgIpc) is 3.36. The van der Waals surface area contributed by atoms with E-state index in [1.54, 1.807) is 6.92 Å². The number of hydrogen-bond donors (Lipinski definition) is 1. The Bertz CT molecular complexity index is 1080. The predicted molar refractivity (Wildman–Crippen MR) is 205 cm³/mol. The normalized spacial score (nSPS) is 9.71. The summed E-state index contributed by atoms with van der Waals surface area (Å²) in [6.07, 6.45) is 1.04. The van der Waals surface area contributed by atoms with Gasteiger partial charge in [-0.1, -0.05) is 62.3 Å². The van der Waals surface area contributed by atoms with Crippen LogP contribution in [-0.4, -0.2) is 78.3 Å². The van der Waals surface area contributed by atoms with Gasteiger partial charge in [0.15, 0.2) is 6.61 Å². The molecule has 0 saturated heterocycles. The van der Waals surface area contributed by atoms with Crippen LogP contribution < -0.4 is 10.2 Å². The standard InChI is InChI=1S/C20H27Cl2N3O4.C6H13NO2.C4H10.3C2H6/c1-3-28-20(27)14-29-19(26)6-4-5-18-23-16-13-15(7-8-17(16)24(18)2)25(11-9-21)12-10-22;1-6(2,3)9-5(8)7-4;1-4(2)3;3*1-2/h7-8,13H,3-6,9-12,14H2,1-2H3;1-4H3,(H,7,8);4H,1-3H3;3*1-2H3. The van der Waals surface area contributed by atoms with Gasteiger partial charge in [-0.2, -0.15) is 0 Å². The molecule has 0 aliphatic carbocycles. The maximum Gasteiger partial charge on any atom is 0.407 e. The Balaban J connectivity index is -0.000000422. The number of fused-ring (bicyclic) bond motifs is 1. The van der Waals surface area contributed by atoms with Crippen molar-refractivity contribution >= 4 is 58.0 Å². The Hall–Kier alpha value is -2.72. The van der Waals surface area contributed by atoms with Gasteiger partial charge in [-0.3, -0.25) is 4.79 Å². The molecule has 1 amide bonds. The van der Waals surface area contributed by atoms with Crippen LogP contribution in [0.2, 0.25) is 0 Å². The number of benzene rings is 1. The van der Waals surface area contributed by atoms with Gasteiger partial charge in [0.25, 0.3) is 0 Å². The first kappa shape index (κ1) is 52.1. The lowest BCUT2D eigenvalue weighted by atomic mass is 10.2. The van der Waals surface area contributed by atoms with Gasteiger partial charge in [-0.25, -0.2) is 14.6 Å². The number of carbonyl (C=O) groups excluding carboxylic acids is 3. The van der Waals surface area contributed by atoms with E-state index in [0.29, 0.717) is 37.7 Å². The summed E-state index contributed by atoms with van der Waals surface area (Å²) in [6.45, 7) is 27.0. The summed E-state index contributed by atoms with van der Waals surface area (Å²) in [5, 5.41) is 2.36. The van der Waals surface area contributed by atoms with E-state index in [0.717, 1.165) is 28.5 Å². The highest BCUT2D eigenvalue weighted by molar-refractivity contribution is 6.18. The average molecular weight is 724 g/mol. The van der Waals surface area contributed by atoms with Gasteiger partial charge >= 0.3 is 18.0 Å². The third kappa shape index (κ3) is 27.3. The zero-order valence-electron chi connectivity index (χ0n) is 32.7. The summed E-state index contributed by atoms with van der Waals surface area (Å²) in [4.78, 5) is 40.3. The van der Waals surface area contributed by atoms with Gasteiger partial charge in [0.05, 0.1) is 17.6 Å². The summed E-state index contributed by atoms with van der Waals surface area (Å²) in [6, 6.07) is 6.11. The molecule has 2 rings (SSSR count). The summed E-state index contributed by atoms with van der Waals surface area (Å²) in [7, 11) is 3.49. The molecule has 0 bridgehead atoms. The van der Waals surface area contributed by atoms with Crippen molar-refractivity contribution in [2.75, 3.05) is 50.0 Å². The number of esters is 2. The molecule has 2 aromatic rings. The molecule has 0 radical (unpaired) electrons. The number of alkyl carbamates (subject to hydrolysis) is 1. The lowest BCUT2D eigenvalue weighted by Crippen LogP contribution is -2.30. The molecular weight excluding hydrogens is 655 g/mol. The minimum atomic E-state index is -0.538. The summed E-state index contributed by atoms with van der Waals surface area (Å²) in [5.41, 5.74) is 2.55. The zero-order chi connectivity index (χ0) is 38.3. The third-order valence-corrected chi connectivity index (χ3v) is 5.41. The number of rotatable bonds is 12. The molecule has 1 aromatic carbocycles. The Morgan fingerprint density at radius 1 is 0.938 bits per heavy atom. The number of nitrogens with one attached hydrogen (secondary N) is 1. The SMILES string of the molecule is CC.CC.CC.CC(C)C.CCOC(=O)COC(=O)CCCc1nc2cc(N(CCCl)CCCl)ccc2n1C.CNC(=O)OC(C)(C)C. The van der Waals surface area contributed by atoms with Gasteiger partial charge in [-0.15, -0.1) is 23.2 Å². The number of amides is 1. The van der Waals surface area contributed by atoms with Gasteiger partial charge in [-0.05, 0) is 58.2 Å². The fourth-order valence-corrected chi connectivity index (χ4v) is 3.77. The highest BCUT2D eigenvalue weighted by Gasteiger charge is 2.15. The summed E-state index contributed by atoms with van der Waals surface area (Å²) in [5.74, 6) is 1.81. The Labute approximate surface area is 302 Å². The second kappa shape index (κ2) is 32.8. The van der Waals surface area contributed by atoms with Crippen LogP contribution in [0.4, 0.5) is 10.5 Å². The van der Waals surface area contributed by atoms with Crippen molar-refractivity contribution in [1.82, 2.24) is 14.9 Å². The van der Waals surface area contributed by atoms with E-state index in [9.17, 15) is 14.4 Å². The van der Waals surface area contributed by atoms with Crippen molar-refractivity contribution < 1.29 is 28.6 Å². The van der Waals surface area contributed by atoms with Gasteiger partial charge < -0.3 is 29.0 Å². The fraction of sp³-hybridized carbons (Fsp3) is 0.722. The fourth-order valence-electron chi connectivity index (χ4n) is 3.37. The number of imidazole rings is 1. The molecule has 0 fully saturated rings. The van der Waals surface area contributed by atoms with Crippen LogP contribution in [0, 0.1) is 5.92 Å². The second-order valence-corrected chi connectivity index (χ2v) is 11.7. The zero-order valence-corrected chi connectivity index (χ0v) is 34.2. The number of ether oxygens (including phenoxy) is 3. The highest BCUT2D eigenvalue weighted by Crippen LogP contribution is 2.23. The number of halogens is 2. The smallest absolute Gasteiger partial charge is 0.407 e. The van der Waals surface area contributed by atoms with Gasteiger partial charge in [0.2, 0.25) is 0 Å². The molecule has 0 aliphatic heterocycles. The predicted octanol–water partition coefficient (Wildman–Crippen LogP) is 9.17. The molecule has 12 heteroatoms. The van der Waals surface area contributed by atoms with E-state index in [4.69, 9.17) is 42.4 Å². The summed E-state index contributed by atoms with van der Waals surface area (Å²) < 4.78 is 16.5. The van der Waals surface area contributed by atoms with Crippen LogP contribution in [0.1, 0.15) is 109 Å². The van der Waals surface area contributed by atoms with Crippen LogP contribution in [0.3, 0.4) is 0 Å². The molecule has 0 atom stereocenters. The quantitative estimate of drug-likeness (QED) is 0.131. The van der Waals surface area contributed by atoms with Crippen LogP contribution in [0.15, 0.2) is 18.2 Å². The number of anilines is 1. The first-order valence-corrected chi connectivity index (χ1v) is 18.3. The molecule has 1 N–H and O–H groups in total. The van der Waals surface area contributed by atoms with Crippen molar-refractivity contribution in [2.24, 2.45) is 13.0 Å². The lowest BCUT2D eigenvalue weighted by Gasteiger charge is -2.22. The number of nitrogens with zero attached hydrogens (tertiary/aromatic N) is 3. The third-order valence-electron chi connectivity index (χ3n) is 5.07. The minimum Gasteiger partial charge on any atom is -0.463 e. The van der Waals surface area contributed by atoms with Crippen molar-refractivity contribution in [2.45, 2.75) is 115 Å². The van der Waals surface area contributed by atoms with Crippen LogP contribution in [-0.2, 0) is 37.3 Å². The largest absolute Gasteiger partial charge is 0.463 e. The molecule has 1 heterocycles. The van der Waals surface area contributed by atoms with Crippen molar-refractivity contribution in [3.63, 3.8) is 0 Å². The van der Waals surface area contributed by atoms with Gasteiger partial charge in [0.1, 0.15) is 11.4 Å². The Kier molecular flexibility index (Phi) is 35.6. The monoisotopic (exact) mass is 722 g/mol. The maximum absolute atomic E-state index is 11.8. The van der Waals surface area contributed by atoms with Crippen LogP contribution in [0.5, 0.6) is 0 Å². The van der Waals surface area contributed by atoms with E-state index in [2.05, 4.69) is 31.0 Å². The molecule has 282 valence electrons. The molecule has 10 nitrogen and oxygen atoms in total. The molecule has 0 aliphatic rings. The molecule has 0 spiro atoms. The number of aryl methyl sites for hydroxylation is 2. The van der Waals surface area contributed by atoms with E-state index >= 15 is 0 Å². The topological polar surface area (TPSA) is 112 Å². The van der Waals surface area contributed by atoms with E-state index in [1.165, 1.54) is 7.05 Å². The van der Waals surface area contributed by atoms with Crippen LogP contribution >= 0.6 is 23.2 Å². The highest BCUT2D eigenvalue weighted by atomic mass is 35.5. The first-order chi connectivity index (χ1) is 22.7. The second-order valence-electron chi connectivity index (χ2n) is 10.9. The molecule has 0 unspecified atom stereocenters. The molecule has 0 saturated carbocycles. The van der Waals surface area contributed by atoms with E-state index in [1.807, 2.05) is 92.1 Å². The van der Waals surface area contributed by atoms with Crippen molar-refractivity contribution in [3.05, 3.63) is 24.0 Å². The lowest BCUT2D eigenvalue weighted by molar-refractivity contribution is -0.158. The van der Waals surface area contributed by atoms with E-state index in [-0.39, 0.29) is 31.3 Å². The van der Waals surface area contributed by atoms with Crippen molar-refractivity contribution in [3.8, 4) is 0 Å². The first-order valence-electron chi connectivity index (χ1n) is 17.2.